The lowest BCUT2D eigenvalue weighted by molar-refractivity contribution is -0.118. The van der Waals surface area contributed by atoms with E-state index < -0.39 is 0 Å². The topological polar surface area (TPSA) is 50.4 Å². The molecule has 140 valence electrons. The summed E-state index contributed by atoms with van der Waals surface area (Å²) in [6.07, 6.45) is 0.896. The Balaban J connectivity index is 1.97. The molecule has 0 saturated heterocycles. The molecule has 1 amide bonds. The Kier molecular flexibility index (Phi) is 7.22. The minimum absolute atomic E-state index is 0.0331. The molecule has 0 aliphatic heterocycles. The fraction of sp³-hybridized carbons (Fsp3) is 0.409. The minimum atomic E-state index is -0.299. The highest BCUT2D eigenvalue weighted by atomic mass is 16.5. The Labute approximate surface area is 157 Å². The third kappa shape index (κ3) is 5.33. The predicted octanol–water partition coefficient (Wildman–Crippen LogP) is 4.89. The van der Waals surface area contributed by atoms with Gasteiger partial charge in [0.15, 0.2) is 0 Å². The van der Waals surface area contributed by atoms with E-state index in [1.54, 1.807) is 7.11 Å². The Morgan fingerprint density at radius 1 is 0.962 bits per heavy atom. The maximum absolute atomic E-state index is 12.5. The van der Waals surface area contributed by atoms with Gasteiger partial charge in [0.1, 0.15) is 5.75 Å². The summed E-state index contributed by atoms with van der Waals surface area (Å²) >= 11 is 0. The zero-order valence-corrected chi connectivity index (χ0v) is 16.4. The van der Waals surface area contributed by atoms with Crippen LogP contribution in [-0.2, 0) is 4.79 Å². The summed E-state index contributed by atoms with van der Waals surface area (Å²) in [7, 11) is 1.66. The molecule has 0 radical (unpaired) electrons. The number of benzene rings is 2. The van der Waals surface area contributed by atoms with Gasteiger partial charge in [-0.25, -0.2) is 0 Å². The number of nitrogens with one attached hydrogen (secondary N) is 2. The fourth-order valence-electron chi connectivity index (χ4n) is 2.87. The molecule has 0 aromatic heterocycles. The molecule has 0 unspecified atom stereocenters. The molecule has 2 atom stereocenters. The van der Waals surface area contributed by atoms with Crippen LogP contribution in [0.15, 0.2) is 48.5 Å². The average molecular weight is 354 g/mol. The van der Waals surface area contributed by atoms with Gasteiger partial charge in [-0.1, -0.05) is 45.0 Å². The number of amides is 1. The van der Waals surface area contributed by atoms with E-state index in [4.69, 9.17) is 4.74 Å². The van der Waals surface area contributed by atoms with Crippen LogP contribution in [-0.4, -0.2) is 19.1 Å². The van der Waals surface area contributed by atoms with Gasteiger partial charge in [0.2, 0.25) is 5.91 Å². The molecule has 26 heavy (non-hydrogen) atoms. The first-order chi connectivity index (χ1) is 12.4. The Morgan fingerprint density at radius 2 is 1.54 bits per heavy atom. The molecular weight excluding hydrogens is 324 g/mol. The van der Waals surface area contributed by atoms with Gasteiger partial charge in [0.05, 0.1) is 13.2 Å². The normalized spacial score (nSPS) is 13.3. The zero-order chi connectivity index (χ0) is 19.1. The summed E-state index contributed by atoms with van der Waals surface area (Å²) in [5.74, 6) is 1.28. The number of hydrogen-bond donors (Lipinski definition) is 2. The van der Waals surface area contributed by atoms with Gasteiger partial charge < -0.3 is 10.1 Å². The highest BCUT2D eigenvalue weighted by Crippen LogP contribution is 2.21. The molecule has 0 heterocycles. The van der Waals surface area contributed by atoms with E-state index in [1.807, 2.05) is 43.3 Å². The van der Waals surface area contributed by atoms with Crippen LogP contribution >= 0.6 is 0 Å². The van der Waals surface area contributed by atoms with Crippen molar-refractivity contribution in [2.24, 2.45) is 0 Å². The first-order valence-corrected chi connectivity index (χ1v) is 9.25. The Morgan fingerprint density at radius 3 is 2.04 bits per heavy atom. The van der Waals surface area contributed by atoms with Crippen LogP contribution in [0.25, 0.3) is 0 Å². The average Bonchev–Trinajstić information content (AvgIpc) is 2.66. The van der Waals surface area contributed by atoms with E-state index in [9.17, 15) is 4.79 Å². The van der Waals surface area contributed by atoms with E-state index in [-0.39, 0.29) is 18.0 Å². The lowest BCUT2D eigenvalue weighted by Gasteiger charge is -2.22. The van der Waals surface area contributed by atoms with E-state index in [0.29, 0.717) is 5.92 Å². The van der Waals surface area contributed by atoms with Crippen LogP contribution in [0.4, 0.5) is 5.69 Å². The molecule has 0 fully saturated rings. The van der Waals surface area contributed by atoms with Gasteiger partial charge in [0, 0.05) is 11.7 Å². The smallest absolute Gasteiger partial charge is 0.241 e. The van der Waals surface area contributed by atoms with Crippen LogP contribution in [0.3, 0.4) is 0 Å². The summed E-state index contributed by atoms with van der Waals surface area (Å²) in [6, 6.07) is 15.8. The van der Waals surface area contributed by atoms with Crippen LogP contribution in [0, 0.1) is 0 Å². The van der Waals surface area contributed by atoms with E-state index in [1.165, 1.54) is 5.56 Å². The molecule has 0 aliphatic rings. The predicted molar refractivity (Wildman–Crippen MR) is 108 cm³/mol. The van der Waals surface area contributed by atoms with Crippen molar-refractivity contribution < 1.29 is 9.53 Å². The number of anilines is 1. The second kappa shape index (κ2) is 9.39. The molecule has 0 aliphatic carbocycles. The van der Waals surface area contributed by atoms with Crippen LogP contribution < -0.4 is 15.4 Å². The Hall–Kier alpha value is -2.33. The van der Waals surface area contributed by atoms with Crippen molar-refractivity contribution in [2.75, 3.05) is 12.4 Å². The molecule has 0 bridgehead atoms. The van der Waals surface area contributed by atoms with Gasteiger partial charge in [-0.15, -0.1) is 0 Å². The summed E-state index contributed by atoms with van der Waals surface area (Å²) in [5, 5.41) is 6.40. The number of ether oxygens (including phenoxy) is 1. The van der Waals surface area contributed by atoms with Crippen molar-refractivity contribution in [3.63, 3.8) is 0 Å². The summed E-state index contributed by atoms with van der Waals surface area (Å²) in [6.45, 7) is 8.31. The van der Waals surface area contributed by atoms with Crippen LogP contribution in [0.2, 0.25) is 0 Å². The number of hydrogen-bond acceptors (Lipinski definition) is 3. The van der Waals surface area contributed by atoms with Crippen LogP contribution in [0.1, 0.15) is 57.2 Å². The van der Waals surface area contributed by atoms with Gasteiger partial charge in [0.25, 0.3) is 0 Å². The number of carbonyl (C=O) groups excluding carboxylic acids is 1. The standard InChI is InChI=1S/C22H30N2O2/c1-6-21(18-9-13-20(26-5)14-10-18)23-16(4)22(25)24-19-11-7-17(8-12-19)15(2)3/h7-16,21,23H,6H2,1-5H3,(H,24,25)/t16-,21+/m0/s1. The van der Waals surface area contributed by atoms with Gasteiger partial charge in [-0.2, -0.15) is 0 Å². The maximum atomic E-state index is 12.5. The third-order valence-electron chi connectivity index (χ3n) is 4.62. The second-order valence-corrected chi connectivity index (χ2v) is 6.89. The fourth-order valence-corrected chi connectivity index (χ4v) is 2.87. The van der Waals surface area contributed by atoms with E-state index >= 15 is 0 Å². The summed E-state index contributed by atoms with van der Waals surface area (Å²) < 4.78 is 5.21. The molecule has 2 rings (SSSR count). The molecular formula is C22H30N2O2. The first kappa shape index (κ1) is 20.0. The highest BCUT2D eigenvalue weighted by molar-refractivity contribution is 5.94. The molecule has 0 saturated carbocycles. The summed E-state index contributed by atoms with van der Waals surface area (Å²) in [4.78, 5) is 12.5. The molecule has 2 aromatic carbocycles. The molecule has 2 aromatic rings. The zero-order valence-electron chi connectivity index (χ0n) is 16.4. The Bertz CT molecular complexity index is 693. The lowest BCUT2D eigenvalue weighted by atomic mass is 10.0. The van der Waals surface area contributed by atoms with Crippen LogP contribution in [0.5, 0.6) is 5.75 Å². The quantitative estimate of drug-likeness (QED) is 0.710. The molecule has 2 N–H and O–H groups in total. The van der Waals surface area contributed by atoms with E-state index in [2.05, 4.69) is 43.5 Å². The molecule has 0 spiro atoms. The maximum Gasteiger partial charge on any atom is 0.241 e. The van der Waals surface area contributed by atoms with Crippen molar-refractivity contribution in [3.05, 3.63) is 59.7 Å². The monoisotopic (exact) mass is 354 g/mol. The number of carbonyl (C=O) groups is 1. The second-order valence-electron chi connectivity index (χ2n) is 6.89. The summed E-state index contributed by atoms with van der Waals surface area (Å²) in [5.41, 5.74) is 3.24. The van der Waals surface area contributed by atoms with Gasteiger partial charge >= 0.3 is 0 Å². The minimum Gasteiger partial charge on any atom is -0.497 e. The van der Waals surface area contributed by atoms with Gasteiger partial charge in [-0.05, 0) is 54.7 Å². The molecule has 4 heteroatoms. The highest BCUT2D eigenvalue weighted by Gasteiger charge is 2.18. The van der Waals surface area contributed by atoms with Crippen molar-refractivity contribution in [2.45, 2.75) is 52.1 Å². The van der Waals surface area contributed by atoms with Gasteiger partial charge in [-0.3, -0.25) is 10.1 Å². The lowest BCUT2D eigenvalue weighted by Crippen LogP contribution is -2.40. The first-order valence-electron chi connectivity index (χ1n) is 9.25. The van der Waals surface area contributed by atoms with E-state index in [0.717, 1.165) is 23.4 Å². The largest absolute Gasteiger partial charge is 0.497 e. The van der Waals surface area contributed by atoms with Crippen molar-refractivity contribution in [1.29, 1.82) is 0 Å². The number of rotatable bonds is 8. The van der Waals surface area contributed by atoms with Crippen molar-refractivity contribution in [1.82, 2.24) is 5.32 Å². The number of methoxy groups -OCH3 is 1. The van der Waals surface area contributed by atoms with Crippen molar-refractivity contribution >= 4 is 11.6 Å². The molecule has 4 nitrogen and oxygen atoms in total. The third-order valence-corrected chi connectivity index (χ3v) is 4.62. The SMILES string of the molecule is CC[C@@H](N[C@@H](C)C(=O)Nc1ccc(C(C)C)cc1)c1ccc(OC)cc1. The van der Waals surface area contributed by atoms with Crippen molar-refractivity contribution in [3.8, 4) is 5.75 Å².